The molecule has 36 heavy (non-hydrogen) atoms. The molecule has 0 bridgehead atoms. The van der Waals surface area contributed by atoms with E-state index in [4.69, 9.17) is 0 Å². The highest BCUT2D eigenvalue weighted by molar-refractivity contribution is 5.99. The third-order valence-corrected chi connectivity index (χ3v) is 6.26. The number of piperidine rings is 1. The summed E-state index contributed by atoms with van der Waals surface area (Å²) >= 11 is 0. The van der Waals surface area contributed by atoms with Crippen LogP contribution in [0.1, 0.15) is 34.3 Å². The van der Waals surface area contributed by atoms with Gasteiger partial charge in [-0.05, 0) is 61.1 Å². The summed E-state index contributed by atoms with van der Waals surface area (Å²) in [6.07, 6.45) is 4.30. The minimum absolute atomic E-state index is 0.170. The molecule has 2 aromatic carbocycles. The van der Waals surface area contributed by atoms with Gasteiger partial charge in [-0.15, -0.1) is 0 Å². The molecule has 1 atom stereocenters. The van der Waals surface area contributed by atoms with Crippen LogP contribution >= 0.6 is 0 Å². The Morgan fingerprint density at radius 1 is 1.17 bits per heavy atom. The van der Waals surface area contributed by atoms with Gasteiger partial charge >= 0.3 is 6.41 Å². The number of rotatable bonds is 9. The van der Waals surface area contributed by atoms with Crippen LogP contribution in [0.2, 0.25) is 0 Å². The van der Waals surface area contributed by atoms with E-state index >= 15 is 0 Å². The molecule has 1 aromatic heterocycles. The Morgan fingerprint density at radius 3 is 2.83 bits per heavy atom. The van der Waals surface area contributed by atoms with Crippen molar-refractivity contribution in [2.75, 3.05) is 31.5 Å². The zero-order valence-electron chi connectivity index (χ0n) is 19.8. The molecule has 0 unspecified atom stereocenters. The monoisotopic (exact) mass is 484 g/mol. The van der Waals surface area contributed by atoms with Crippen LogP contribution < -0.4 is 10.6 Å². The van der Waals surface area contributed by atoms with Crippen molar-refractivity contribution in [1.29, 1.82) is 5.26 Å². The first-order chi connectivity index (χ1) is 17.6. The fourth-order valence-corrected chi connectivity index (χ4v) is 4.40. The van der Waals surface area contributed by atoms with Crippen LogP contribution in [-0.4, -0.2) is 48.4 Å². The van der Waals surface area contributed by atoms with E-state index in [1.54, 1.807) is 35.2 Å². The van der Waals surface area contributed by atoms with Gasteiger partial charge in [0.15, 0.2) is 0 Å². The van der Waals surface area contributed by atoms with Crippen LogP contribution in [0.25, 0.3) is 11.3 Å². The first-order valence-electron chi connectivity index (χ1n) is 12.0. The summed E-state index contributed by atoms with van der Waals surface area (Å²) in [5, 5.41) is 15.7. The molecule has 2 amide bonds. The number of pyridine rings is 1. The quantitative estimate of drug-likeness (QED) is 0.480. The standard InChI is InChI=1S/C28H27FN5O2/c29-23-8-3-5-20(15-23)12-13-31-27-25(28(36)32-17-21-6-4-14-34(18-21)19-35)10-11-26(33-27)24-9-2-1-7-22(24)16-30/h1-3,5,7-11,15,21H,4,6,12-14,17-18H2,(H,31,33)(H,32,36)/t21-/m1/s1. The van der Waals surface area contributed by atoms with Gasteiger partial charge in [-0.2, -0.15) is 5.26 Å². The Bertz CT molecular complexity index is 1270. The van der Waals surface area contributed by atoms with Gasteiger partial charge in [0.05, 0.1) is 22.9 Å². The van der Waals surface area contributed by atoms with Crippen molar-refractivity contribution in [2.24, 2.45) is 5.92 Å². The number of benzene rings is 2. The Hall–Kier alpha value is -4.25. The summed E-state index contributed by atoms with van der Waals surface area (Å²) in [5.74, 6) is -0.0127. The topological polar surface area (TPSA) is 98.1 Å². The number of hydrogen-bond acceptors (Lipinski definition) is 5. The Kier molecular flexibility index (Phi) is 8.24. The van der Waals surface area contributed by atoms with Crippen LogP contribution in [0.15, 0.2) is 60.7 Å². The Balaban J connectivity index is 1.53. The molecule has 0 aliphatic carbocycles. The normalized spacial score (nSPS) is 15.1. The van der Waals surface area contributed by atoms with Crippen molar-refractivity contribution in [3.8, 4) is 17.3 Å². The predicted octanol–water partition coefficient (Wildman–Crippen LogP) is 3.92. The van der Waals surface area contributed by atoms with Crippen molar-refractivity contribution < 1.29 is 14.0 Å². The summed E-state index contributed by atoms with van der Waals surface area (Å²) in [6, 6.07) is 19.1. The number of nitriles is 1. The molecule has 8 heteroatoms. The van der Waals surface area contributed by atoms with Crippen molar-refractivity contribution in [2.45, 2.75) is 19.3 Å². The van der Waals surface area contributed by atoms with Crippen molar-refractivity contribution in [3.05, 3.63) is 83.2 Å². The van der Waals surface area contributed by atoms with E-state index in [1.807, 2.05) is 24.6 Å². The van der Waals surface area contributed by atoms with Gasteiger partial charge in [-0.25, -0.2) is 9.37 Å². The second-order valence-electron chi connectivity index (χ2n) is 8.81. The number of carbonyl (C=O) groups is 1. The number of halogens is 1. The number of likely N-dealkylation sites (tertiary alicyclic amines) is 1. The molecule has 3 aromatic rings. The lowest BCUT2D eigenvalue weighted by molar-refractivity contribution is 0.0941. The molecule has 2 N–H and O–H groups in total. The second-order valence-corrected chi connectivity index (χ2v) is 8.81. The maximum atomic E-state index is 13.5. The molecule has 4 rings (SSSR count). The number of nitrogens with one attached hydrogen (secondary N) is 2. The summed E-state index contributed by atoms with van der Waals surface area (Å²) in [7, 11) is 0. The van der Waals surface area contributed by atoms with Gasteiger partial charge in [0.25, 0.3) is 5.91 Å². The first kappa shape index (κ1) is 24.9. The van der Waals surface area contributed by atoms with Gasteiger partial charge in [-0.3, -0.25) is 9.59 Å². The van der Waals surface area contributed by atoms with E-state index in [-0.39, 0.29) is 17.6 Å². The number of amides is 2. The van der Waals surface area contributed by atoms with E-state index in [0.717, 1.165) is 18.4 Å². The molecule has 0 saturated carbocycles. The van der Waals surface area contributed by atoms with Gasteiger partial charge in [0.2, 0.25) is 0 Å². The predicted molar refractivity (Wildman–Crippen MR) is 135 cm³/mol. The van der Waals surface area contributed by atoms with Crippen LogP contribution in [0, 0.1) is 23.1 Å². The minimum Gasteiger partial charge on any atom is -0.369 e. The lowest BCUT2D eigenvalue weighted by Crippen LogP contribution is -2.40. The molecule has 2 heterocycles. The van der Waals surface area contributed by atoms with E-state index in [1.165, 1.54) is 12.1 Å². The van der Waals surface area contributed by atoms with Crippen LogP contribution in [0.3, 0.4) is 0 Å². The van der Waals surface area contributed by atoms with Crippen molar-refractivity contribution >= 4 is 18.1 Å². The van der Waals surface area contributed by atoms with Gasteiger partial charge < -0.3 is 15.5 Å². The lowest BCUT2D eigenvalue weighted by Gasteiger charge is -2.29. The SMILES string of the molecule is N#Cc1ccccc1-c1ccc(C(=O)NC[C@H]2CCCN([C]=O)C2)c(NCCc2cccc(F)c2)n1. The third kappa shape index (κ3) is 6.25. The van der Waals surface area contributed by atoms with Gasteiger partial charge in [0.1, 0.15) is 11.6 Å². The summed E-state index contributed by atoms with van der Waals surface area (Å²) in [4.78, 5) is 30.4. The van der Waals surface area contributed by atoms with E-state index in [0.29, 0.717) is 60.8 Å². The third-order valence-electron chi connectivity index (χ3n) is 6.26. The summed E-state index contributed by atoms with van der Waals surface area (Å²) in [5.41, 5.74) is 2.94. The van der Waals surface area contributed by atoms with Crippen molar-refractivity contribution in [3.63, 3.8) is 0 Å². The van der Waals surface area contributed by atoms with Gasteiger partial charge in [0, 0.05) is 31.7 Å². The molecular formula is C28H27FN5O2. The number of anilines is 1. The maximum Gasteiger partial charge on any atom is 0.312 e. The zero-order chi connectivity index (χ0) is 25.3. The molecule has 1 fully saturated rings. The molecule has 7 nitrogen and oxygen atoms in total. The number of hydrogen-bond donors (Lipinski definition) is 2. The summed E-state index contributed by atoms with van der Waals surface area (Å²) < 4.78 is 13.5. The first-order valence-corrected chi connectivity index (χ1v) is 12.0. The van der Waals surface area contributed by atoms with Crippen LogP contribution in [-0.2, 0) is 11.2 Å². The Morgan fingerprint density at radius 2 is 2.03 bits per heavy atom. The fraction of sp³-hybridized carbons (Fsp3) is 0.286. The highest BCUT2D eigenvalue weighted by Crippen LogP contribution is 2.25. The zero-order valence-corrected chi connectivity index (χ0v) is 19.8. The second kappa shape index (κ2) is 11.9. The maximum absolute atomic E-state index is 13.5. The molecule has 1 aliphatic heterocycles. The minimum atomic E-state index is -0.297. The highest BCUT2D eigenvalue weighted by Gasteiger charge is 2.21. The number of carbonyl (C=O) groups excluding carboxylic acids is 2. The van der Waals surface area contributed by atoms with E-state index in [2.05, 4.69) is 21.7 Å². The molecule has 1 radical (unpaired) electrons. The largest absolute Gasteiger partial charge is 0.369 e. The van der Waals surface area contributed by atoms with Crippen LogP contribution in [0.4, 0.5) is 10.2 Å². The molecular weight excluding hydrogens is 457 g/mol. The highest BCUT2D eigenvalue weighted by atomic mass is 19.1. The smallest absolute Gasteiger partial charge is 0.312 e. The Labute approximate surface area is 210 Å². The average Bonchev–Trinajstić information content (AvgIpc) is 2.92. The van der Waals surface area contributed by atoms with Crippen LogP contribution in [0.5, 0.6) is 0 Å². The van der Waals surface area contributed by atoms with E-state index in [9.17, 15) is 19.2 Å². The fourth-order valence-electron chi connectivity index (χ4n) is 4.40. The van der Waals surface area contributed by atoms with Crippen molar-refractivity contribution in [1.82, 2.24) is 15.2 Å². The lowest BCUT2D eigenvalue weighted by atomic mass is 9.98. The number of aromatic nitrogens is 1. The molecule has 1 aliphatic rings. The molecule has 1 saturated heterocycles. The average molecular weight is 485 g/mol. The van der Waals surface area contributed by atoms with Gasteiger partial charge in [-0.1, -0.05) is 30.3 Å². The molecule has 183 valence electrons. The van der Waals surface area contributed by atoms with E-state index < -0.39 is 0 Å². The summed E-state index contributed by atoms with van der Waals surface area (Å²) in [6.45, 7) is 2.15. The number of nitrogens with zero attached hydrogens (tertiary/aromatic N) is 3. The molecule has 0 spiro atoms.